The van der Waals surface area contributed by atoms with E-state index in [9.17, 15) is 19.8 Å². The summed E-state index contributed by atoms with van der Waals surface area (Å²) in [5.41, 5.74) is 1.54. The first kappa shape index (κ1) is 17.6. The van der Waals surface area contributed by atoms with Crippen molar-refractivity contribution in [2.24, 2.45) is 0 Å². The number of thioether (sulfide) groups is 1. The molecule has 2 aromatic rings. The SMILES string of the molecule is N#CSc1cccc(-c2c3ccc(=O)cc-3oc3cc(O)ccc23)c1C(=O)O. The number of phenols is 1. The summed E-state index contributed by atoms with van der Waals surface area (Å²) in [7, 11) is 0. The standard InChI is InChI=1S/C21H11NO5S/c22-10-28-18-3-1-2-15(20(18)21(25)26)19-13-6-4-11(23)8-16(13)27-17-9-12(24)5-7-14(17)19/h1-9,23H,(H,25,26). The van der Waals surface area contributed by atoms with Gasteiger partial charge in [0.2, 0.25) is 0 Å². The summed E-state index contributed by atoms with van der Waals surface area (Å²) in [4.78, 5) is 24.2. The smallest absolute Gasteiger partial charge is 0.337 e. The highest BCUT2D eigenvalue weighted by atomic mass is 32.2. The van der Waals surface area contributed by atoms with Crippen LogP contribution in [0, 0.1) is 10.7 Å². The van der Waals surface area contributed by atoms with Gasteiger partial charge in [-0.1, -0.05) is 12.1 Å². The number of phenolic OH excluding ortho intramolecular Hbond substituents is 1. The summed E-state index contributed by atoms with van der Waals surface area (Å²) in [5.74, 6) is -0.919. The highest BCUT2D eigenvalue weighted by Gasteiger charge is 2.24. The van der Waals surface area contributed by atoms with Crippen molar-refractivity contribution in [2.75, 3.05) is 0 Å². The van der Waals surface area contributed by atoms with E-state index in [1.807, 2.05) is 5.40 Å². The number of carboxylic acid groups (broad SMARTS) is 1. The quantitative estimate of drug-likeness (QED) is 0.300. The number of fused-ring (bicyclic) bond motifs is 2. The Kier molecular flexibility index (Phi) is 4.26. The van der Waals surface area contributed by atoms with Gasteiger partial charge in [0.1, 0.15) is 22.5 Å². The maximum Gasteiger partial charge on any atom is 0.337 e. The Bertz CT molecular complexity index is 1320. The van der Waals surface area contributed by atoms with Gasteiger partial charge in [0, 0.05) is 33.5 Å². The fourth-order valence-electron chi connectivity index (χ4n) is 3.24. The van der Waals surface area contributed by atoms with E-state index in [2.05, 4.69) is 0 Å². The van der Waals surface area contributed by atoms with Crippen LogP contribution >= 0.6 is 11.8 Å². The Labute approximate surface area is 162 Å². The maximum absolute atomic E-state index is 12.0. The predicted octanol–water partition coefficient (Wildman–Crippen LogP) is 4.54. The van der Waals surface area contributed by atoms with Crippen LogP contribution in [-0.2, 0) is 0 Å². The second-order valence-electron chi connectivity index (χ2n) is 5.99. The molecule has 0 amide bonds. The lowest BCUT2D eigenvalue weighted by Crippen LogP contribution is -2.04. The van der Waals surface area contributed by atoms with Crippen molar-refractivity contribution in [1.29, 1.82) is 5.26 Å². The van der Waals surface area contributed by atoms with Crippen molar-refractivity contribution >= 4 is 28.7 Å². The van der Waals surface area contributed by atoms with E-state index < -0.39 is 5.97 Å². The first-order valence-electron chi connectivity index (χ1n) is 8.12. The van der Waals surface area contributed by atoms with Crippen molar-refractivity contribution in [3.8, 4) is 33.6 Å². The summed E-state index contributed by atoms with van der Waals surface area (Å²) in [6.07, 6.45) is 0. The Morgan fingerprint density at radius 1 is 1.07 bits per heavy atom. The number of aromatic hydroxyl groups is 1. The summed E-state index contributed by atoms with van der Waals surface area (Å²) in [6, 6.07) is 13.7. The van der Waals surface area contributed by atoms with Crippen LogP contribution in [0.15, 0.2) is 68.7 Å². The fraction of sp³-hybridized carbons (Fsp3) is 0. The van der Waals surface area contributed by atoms with Crippen LogP contribution in [0.4, 0.5) is 0 Å². The largest absolute Gasteiger partial charge is 0.508 e. The molecule has 136 valence electrons. The van der Waals surface area contributed by atoms with E-state index in [-0.39, 0.29) is 22.5 Å². The number of carboxylic acids is 1. The molecule has 28 heavy (non-hydrogen) atoms. The van der Waals surface area contributed by atoms with Gasteiger partial charge in [0.05, 0.1) is 5.56 Å². The van der Waals surface area contributed by atoms with Gasteiger partial charge in [-0.3, -0.25) is 4.79 Å². The summed E-state index contributed by atoms with van der Waals surface area (Å²) >= 11 is 0.766. The molecular formula is C21H11NO5S. The van der Waals surface area contributed by atoms with Gasteiger partial charge in [-0.25, -0.2) is 4.79 Å². The molecule has 0 bridgehead atoms. The van der Waals surface area contributed by atoms with Crippen LogP contribution in [0.3, 0.4) is 0 Å². The molecule has 7 heteroatoms. The van der Waals surface area contributed by atoms with Gasteiger partial charge in [-0.2, -0.15) is 5.26 Å². The van der Waals surface area contributed by atoms with E-state index in [1.54, 1.807) is 30.3 Å². The molecule has 1 aliphatic heterocycles. The Balaban J connectivity index is 2.20. The zero-order valence-corrected chi connectivity index (χ0v) is 15.0. The maximum atomic E-state index is 12.0. The summed E-state index contributed by atoms with van der Waals surface area (Å²) < 4.78 is 5.78. The van der Waals surface area contributed by atoms with E-state index >= 15 is 0 Å². The molecule has 4 rings (SSSR count). The molecule has 2 N–H and O–H groups in total. The zero-order valence-electron chi connectivity index (χ0n) is 14.2. The Morgan fingerprint density at radius 2 is 1.89 bits per heavy atom. The Hall–Kier alpha value is -3.76. The molecule has 0 saturated heterocycles. The van der Waals surface area contributed by atoms with Gasteiger partial charge >= 0.3 is 5.97 Å². The highest BCUT2D eigenvalue weighted by molar-refractivity contribution is 8.03. The Morgan fingerprint density at radius 3 is 2.64 bits per heavy atom. The number of carbonyl (C=O) groups is 1. The lowest BCUT2D eigenvalue weighted by Gasteiger charge is -2.17. The molecular weight excluding hydrogens is 378 g/mol. The van der Waals surface area contributed by atoms with Crippen LogP contribution in [0.2, 0.25) is 0 Å². The van der Waals surface area contributed by atoms with Gasteiger partial charge in [0.25, 0.3) is 0 Å². The molecule has 0 atom stereocenters. The van der Waals surface area contributed by atoms with Crippen LogP contribution < -0.4 is 5.43 Å². The topological polar surface area (TPSA) is 112 Å². The molecule has 0 unspecified atom stereocenters. The number of nitrogens with zero attached hydrogens (tertiary/aromatic N) is 1. The fourth-order valence-corrected chi connectivity index (χ4v) is 3.79. The van der Waals surface area contributed by atoms with E-state index in [4.69, 9.17) is 9.68 Å². The van der Waals surface area contributed by atoms with E-state index in [1.165, 1.54) is 24.3 Å². The first-order valence-corrected chi connectivity index (χ1v) is 8.93. The van der Waals surface area contributed by atoms with Crippen LogP contribution in [-0.4, -0.2) is 16.2 Å². The third kappa shape index (κ3) is 2.86. The highest BCUT2D eigenvalue weighted by Crippen LogP contribution is 2.43. The number of thiocyanates is 1. The second-order valence-corrected chi connectivity index (χ2v) is 6.82. The normalized spacial score (nSPS) is 10.8. The molecule has 1 aliphatic carbocycles. The molecule has 0 spiro atoms. The summed E-state index contributed by atoms with van der Waals surface area (Å²) in [6.45, 7) is 0. The molecule has 2 aromatic carbocycles. The minimum Gasteiger partial charge on any atom is -0.508 e. The molecule has 2 aliphatic rings. The van der Waals surface area contributed by atoms with E-state index in [0.29, 0.717) is 32.6 Å². The molecule has 1 heterocycles. The monoisotopic (exact) mass is 389 g/mol. The van der Waals surface area contributed by atoms with Crippen molar-refractivity contribution in [3.63, 3.8) is 0 Å². The van der Waals surface area contributed by atoms with Crippen molar-refractivity contribution < 1.29 is 19.4 Å². The third-order valence-corrected chi connectivity index (χ3v) is 4.99. The molecule has 0 aromatic heterocycles. The second kappa shape index (κ2) is 6.76. The number of hydrogen-bond acceptors (Lipinski definition) is 6. The van der Waals surface area contributed by atoms with Crippen LogP contribution in [0.5, 0.6) is 5.75 Å². The molecule has 0 saturated carbocycles. The van der Waals surface area contributed by atoms with E-state index in [0.717, 1.165) is 11.8 Å². The van der Waals surface area contributed by atoms with Crippen molar-refractivity contribution in [1.82, 2.24) is 0 Å². The number of benzene rings is 3. The minimum atomic E-state index is -1.17. The zero-order chi connectivity index (χ0) is 19.8. The number of hydrogen-bond donors (Lipinski definition) is 2. The third-order valence-electron chi connectivity index (χ3n) is 4.34. The van der Waals surface area contributed by atoms with Gasteiger partial charge in [-0.05, 0) is 47.7 Å². The number of nitriles is 1. The minimum absolute atomic E-state index is 0.0119. The van der Waals surface area contributed by atoms with Crippen molar-refractivity contribution in [2.45, 2.75) is 4.90 Å². The molecule has 0 radical (unpaired) electrons. The number of rotatable bonds is 3. The first-order chi connectivity index (χ1) is 13.5. The molecule has 6 nitrogen and oxygen atoms in total. The van der Waals surface area contributed by atoms with Gasteiger partial charge in [-0.15, -0.1) is 0 Å². The van der Waals surface area contributed by atoms with Crippen molar-refractivity contribution in [3.05, 3.63) is 70.4 Å². The number of aromatic carboxylic acids is 1. The van der Waals surface area contributed by atoms with Gasteiger partial charge < -0.3 is 14.6 Å². The van der Waals surface area contributed by atoms with Gasteiger partial charge in [0.15, 0.2) is 5.43 Å². The lowest BCUT2D eigenvalue weighted by atomic mass is 9.91. The predicted molar refractivity (Wildman–Crippen MR) is 105 cm³/mol. The average Bonchev–Trinajstić information content (AvgIpc) is 2.65. The lowest BCUT2D eigenvalue weighted by molar-refractivity contribution is 0.0694. The van der Waals surface area contributed by atoms with Crippen LogP contribution in [0.1, 0.15) is 10.4 Å². The summed E-state index contributed by atoms with van der Waals surface area (Å²) in [5, 5.41) is 31.2. The average molecular weight is 389 g/mol. The van der Waals surface area contributed by atoms with Crippen LogP contribution in [0.25, 0.3) is 33.4 Å². The molecule has 0 fully saturated rings.